The Labute approximate surface area is 142 Å². The van der Waals surface area contributed by atoms with Gasteiger partial charge in [-0.05, 0) is 31.0 Å². The molecule has 1 amide bonds. The maximum atomic E-state index is 12.1. The molecule has 124 valence electrons. The Morgan fingerprint density at radius 3 is 2.75 bits per heavy atom. The molecule has 1 aromatic carbocycles. The highest BCUT2D eigenvalue weighted by Gasteiger charge is 2.12. The molecule has 0 bridgehead atoms. The third-order valence-electron chi connectivity index (χ3n) is 3.54. The molecule has 0 atom stereocenters. The maximum Gasteiger partial charge on any atom is 0.252 e. The fourth-order valence-electron chi connectivity index (χ4n) is 2.31. The van der Waals surface area contributed by atoms with Gasteiger partial charge < -0.3 is 5.32 Å². The minimum absolute atomic E-state index is 0.122. The number of hydrogen-bond donors (Lipinski definition) is 2. The zero-order valence-corrected chi connectivity index (χ0v) is 14.2. The molecule has 24 heavy (non-hydrogen) atoms. The molecule has 0 fully saturated rings. The quantitative estimate of drug-likeness (QED) is 0.692. The van der Waals surface area contributed by atoms with Crippen LogP contribution in [0, 0.1) is 6.92 Å². The minimum Gasteiger partial charge on any atom is -0.325 e. The van der Waals surface area contributed by atoms with E-state index in [1.807, 2.05) is 24.3 Å². The van der Waals surface area contributed by atoms with E-state index in [0.717, 1.165) is 17.8 Å². The number of aromatic amines is 1. The third kappa shape index (κ3) is 3.48. The molecule has 0 radical (unpaired) electrons. The molecular formula is C16H17N5O2S. The van der Waals surface area contributed by atoms with E-state index in [4.69, 9.17) is 0 Å². The Balaban J connectivity index is 1.67. The molecule has 8 heteroatoms. The lowest BCUT2D eigenvalue weighted by Gasteiger charge is -2.06. The van der Waals surface area contributed by atoms with Crippen LogP contribution >= 0.6 is 11.8 Å². The molecule has 2 heterocycles. The van der Waals surface area contributed by atoms with Gasteiger partial charge in [-0.15, -0.1) is 10.2 Å². The summed E-state index contributed by atoms with van der Waals surface area (Å²) in [4.78, 5) is 26.1. The Morgan fingerprint density at radius 1 is 1.29 bits per heavy atom. The first-order valence-corrected chi connectivity index (χ1v) is 8.52. The van der Waals surface area contributed by atoms with Gasteiger partial charge in [0.2, 0.25) is 11.7 Å². The summed E-state index contributed by atoms with van der Waals surface area (Å²) in [6.07, 6.45) is 0.964. The molecule has 2 aromatic heterocycles. The minimum atomic E-state index is -0.225. The van der Waals surface area contributed by atoms with Crippen LogP contribution in [0.1, 0.15) is 18.2 Å². The number of anilines is 1. The van der Waals surface area contributed by atoms with Gasteiger partial charge in [0, 0.05) is 17.4 Å². The van der Waals surface area contributed by atoms with Crippen molar-refractivity contribution in [3.05, 3.63) is 51.9 Å². The topological polar surface area (TPSA) is 92.2 Å². The lowest BCUT2D eigenvalue weighted by atomic mass is 10.1. The molecule has 0 saturated carbocycles. The van der Waals surface area contributed by atoms with Gasteiger partial charge in [-0.25, -0.2) is 0 Å². The van der Waals surface area contributed by atoms with Gasteiger partial charge in [0.05, 0.1) is 5.75 Å². The van der Waals surface area contributed by atoms with Crippen LogP contribution < -0.4 is 10.9 Å². The van der Waals surface area contributed by atoms with Crippen molar-refractivity contribution in [2.24, 2.45) is 0 Å². The number of hydrogen-bond acceptors (Lipinski definition) is 5. The molecule has 2 N–H and O–H groups in total. The van der Waals surface area contributed by atoms with Gasteiger partial charge in [0.25, 0.3) is 5.56 Å². The van der Waals surface area contributed by atoms with E-state index >= 15 is 0 Å². The number of nitrogens with one attached hydrogen (secondary N) is 2. The van der Waals surface area contributed by atoms with Crippen molar-refractivity contribution in [2.45, 2.75) is 25.4 Å². The number of carbonyl (C=O) groups is 1. The van der Waals surface area contributed by atoms with Gasteiger partial charge in [0.15, 0.2) is 5.16 Å². The third-order valence-corrected chi connectivity index (χ3v) is 4.47. The highest BCUT2D eigenvalue weighted by molar-refractivity contribution is 7.99. The van der Waals surface area contributed by atoms with E-state index in [9.17, 15) is 9.59 Å². The number of H-pyrrole nitrogens is 1. The van der Waals surface area contributed by atoms with Gasteiger partial charge in [-0.2, -0.15) is 0 Å². The van der Waals surface area contributed by atoms with Crippen LogP contribution in [-0.4, -0.2) is 31.2 Å². The summed E-state index contributed by atoms with van der Waals surface area (Å²) in [5.41, 5.74) is 2.49. The average Bonchev–Trinajstić information content (AvgIpc) is 2.97. The highest BCUT2D eigenvalue weighted by atomic mass is 32.2. The standard InChI is InChI=1S/C16H17N5O2S/c1-3-11-4-6-12(7-5-11)17-14(23)9-24-16-20-19-15-18-13(22)8-10(2)21(15)16/h4-8H,3,9H2,1-2H3,(H,17,23)(H,18,19,22). The lowest BCUT2D eigenvalue weighted by molar-refractivity contribution is -0.113. The summed E-state index contributed by atoms with van der Waals surface area (Å²) < 4.78 is 1.72. The van der Waals surface area contributed by atoms with Crippen molar-refractivity contribution in [3.8, 4) is 0 Å². The molecule has 3 aromatic rings. The first kappa shape index (κ1) is 16.3. The fourth-order valence-corrected chi connectivity index (χ4v) is 3.10. The average molecular weight is 343 g/mol. The Hall–Kier alpha value is -2.61. The second-order valence-electron chi connectivity index (χ2n) is 5.30. The molecule has 0 spiro atoms. The summed E-state index contributed by atoms with van der Waals surface area (Å²) in [7, 11) is 0. The number of benzene rings is 1. The summed E-state index contributed by atoms with van der Waals surface area (Å²) in [6, 6.07) is 9.24. The number of amides is 1. The number of aryl methyl sites for hydroxylation is 2. The number of nitrogens with zero attached hydrogens (tertiary/aromatic N) is 3. The van der Waals surface area contributed by atoms with Crippen molar-refractivity contribution in [1.29, 1.82) is 0 Å². The smallest absolute Gasteiger partial charge is 0.252 e. The molecule has 0 unspecified atom stereocenters. The summed E-state index contributed by atoms with van der Waals surface area (Å²) in [5.74, 6) is 0.454. The predicted molar refractivity (Wildman–Crippen MR) is 93.5 cm³/mol. The Kier molecular flexibility index (Phi) is 4.66. The van der Waals surface area contributed by atoms with E-state index in [-0.39, 0.29) is 17.2 Å². The van der Waals surface area contributed by atoms with E-state index in [0.29, 0.717) is 10.9 Å². The number of rotatable bonds is 5. The van der Waals surface area contributed by atoms with E-state index < -0.39 is 0 Å². The van der Waals surface area contributed by atoms with E-state index in [2.05, 4.69) is 27.4 Å². The largest absolute Gasteiger partial charge is 0.325 e. The van der Waals surface area contributed by atoms with Crippen molar-refractivity contribution in [3.63, 3.8) is 0 Å². The van der Waals surface area contributed by atoms with Crippen LogP contribution in [0.2, 0.25) is 0 Å². The number of thioether (sulfide) groups is 1. The Bertz CT molecular complexity index is 930. The van der Waals surface area contributed by atoms with Crippen molar-refractivity contribution < 1.29 is 4.79 Å². The molecule has 0 aliphatic rings. The van der Waals surface area contributed by atoms with Gasteiger partial charge in [-0.1, -0.05) is 30.8 Å². The van der Waals surface area contributed by atoms with Gasteiger partial charge in [-0.3, -0.25) is 19.0 Å². The first-order chi connectivity index (χ1) is 11.6. The maximum absolute atomic E-state index is 12.1. The molecule has 3 rings (SSSR count). The molecule has 0 aliphatic carbocycles. The highest BCUT2D eigenvalue weighted by Crippen LogP contribution is 2.18. The zero-order chi connectivity index (χ0) is 17.1. The van der Waals surface area contributed by atoms with Crippen molar-refractivity contribution in [1.82, 2.24) is 19.6 Å². The fraction of sp³-hybridized carbons (Fsp3) is 0.250. The first-order valence-electron chi connectivity index (χ1n) is 7.53. The molecule has 0 aliphatic heterocycles. The van der Waals surface area contributed by atoms with Crippen LogP contribution in [0.3, 0.4) is 0 Å². The summed E-state index contributed by atoms with van der Waals surface area (Å²) >= 11 is 1.27. The number of aromatic nitrogens is 4. The second kappa shape index (κ2) is 6.88. The van der Waals surface area contributed by atoms with Crippen molar-refractivity contribution in [2.75, 3.05) is 11.1 Å². The summed E-state index contributed by atoms with van der Waals surface area (Å²) in [6.45, 7) is 3.88. The van der Waals surface area contributed by atoms with Crippen molar-refractivity contribution >= 4 is 29.1 Å². The van der Waals surface area contributed by atoms with Crippen LogP contribution in [-0.2, 0) is 11.2 Å². The van der Waals surface area contributed by atoms with Crippen LogP contribution in [0.5, 0.6) is 0 Å². The van der Waals surface area contributed by atoms with Gasteiger partial charge >= 0.3 is 0 Å². The molecule has 7 nitrogen and oxygen atoms in total. The normalized spacial score (nSPS) is 10.9. The lowest BCUT2D eigenvalue weighted by Crippen LogP contribution is -2.14. The van der Waals surface area contributed by atoms with Crippen LogP contribution in [0.25, 0.3) is 5.78 Å². The van der Waals surface area contributed by atoms with Gasteiger partial charge in [0.1, 0.15) is 0 Å². The second-order valence-corrected chi connectivity index (χ2v) is 6.25. The number of fused-ring (bicyclic) bond motifs is 1. The zero-order valence-electron chi connectivity index (χ0n) is 13.4. The number of carbonyl (C=O) groups excluding carboxylic acids is 1. The molecular weight excluding hydrogens is 326 g/mol. The monoisotopic (exact) mass is 343 g/mol. The van der Waals surface area contributed by atoms with Crippen LogP contribution in [0.15, 0.2) is 40.3 Å². The van der Waals surface area contributed by atoms with Crippen LogP contribution in [0.4, 0.5) is 5.69 Å². The SMILES string of the molecule is CCc1ccc(NC(=O)CSc2nnc3[nH]c(=O)cc(C)n23)cc1. The van der Waals surface area contributed by atoms with E-state index in [1.165, 1.54) is 23.4 Å². The Morgan fingerprint density at radius 2 is 2.04 bits per heavy atom. The summed E-state index contributed by atoms with van der Waals surface area (Å²) in [5, 5.41) is 11.4. The predicted octanol–water partition coefficient (Wildman–Crippen LogP) is 2.02. The van der Waals surface area contributed by atoms with E-state index in [1.54, 1.807) is 11.3 Å². The molecule has 0 saturated heterocycles.